The molecule has 5 nitrogen and oxygen atoms in total. The molecule has 1 aromatic heterocycles. The monoisotopic (exact) mass is 395 g/mol. The molecular formula is C16H12BrF2N3O2. The molecule has 0 atom stereocenters. The van der Waals surface area contributed by atoms with Gasteiger partial charge >= 0.3 is 0 Å². The highest BCUT2D eigenvalue weighted by molar-refractivity contribution is 9.10. The topological polar surface area (TPSA) is 70.3 Å². The van der Waals surface area contributed by atoms with E-state index in [1.54, 1.807) is 12.1 Å². The molecule has 124 valence electrons. The number of rotatable bonds is 3. The van der Waals surface area contributed by atoms with Crippen LogP contribution >= 0.6 is 15.9 Å². The molecule has 0 saturated carbocycles. The molecule has 1 heterocycles. The van der Waals surface area contributed by atoms with Gasteiger partial charge in [-0.2, -0.15) is 0 Å². The van der Waals surface area contributed by atoms with Crippen molar-refractivity contribution in [3.05, 3.63) is 40.4 Å². The zero-order valence-electron chi connectivity index (χ0n) is 12.7. The van der Waals surface area contributed by atoms with Gasteiger partial charge in [0.25, 0.3) is 0 Å². The molecule has 24 heavy (non-hydrogen) atoms. The Morgan fingerprint density at radius 3 is 2.12 bits per heavy atom. The Bertz CT molecular complexity index is 927. The molecule has 0 unspecified atom stereocenters. The molecule has 2 aromatic carbocycles. The molecule has 8 heteroatoms. The van der Waals surface area contributed by atoms with Crippen LogP contribution in [-0.2, 0) is 0 Å². The third-order valence-electron chi connectivity index (χ3n) is 3.46. The zero-order valence-corrected chi connectivity index (χ0v) is 14.3. The Kier molecular flexibility index (Phi) is 4.23. The molecular weight excluding hydrogens is 384 g/mol. The summed E-state index contributed by atoms with van der Waals surface area (Å²) in [4.78, 5) is 8.25. The molecule has 3 rings (SSSR count). The van der Waals surface area contributed by atoms with Crippen molar-refractivity contribution in [1.29, 1.82) is 0 Å². The second kappa shape index (κ2) is 6.20. The van der Waals surface area contributed by atoms with Crippen LogP contribution in [0.5, 0.6) is 11.5 Å². The lowest BCUT2D eigenvalue weighted by atomic mass is 10.1. The van der Waals surface area contributed by atoms with E-state index in [0.29, 0.717) is 22.4 Å². The second-order valence-corrected chi connectivity index (χ2v) is 5.82. The first-order valence-electron chi connectivity index (χ1n) is 6.78. The van der Waals surface area contributed by atoms with E-state index < -0.39 is 11.6 Å². The number of hydrogen-bond donors (Lipinski definition) is 1. The summed E-state index contributed by atoms with van der Waals surface area (Å²) in [5.41, 5.74) is 5.98. The number of aromatic nitrogens is 2. The Morgan fingerprint density at radius 2 is 1.54 bits per heavy atom. The summed E-state index contributed by atoms with van der Waals surface area (Å²) >= 11 is 3.03. The average Bonchev–Trinajstić information content (AvgIpc) is 2.52. The van der Waals surface area contributed by atoms with Crippen molar-refractivity contribution >= 4 is 32.7 Å². The van der Waals surface area contributed by atoms with Gasteiger partial charge in [-0.25, -0.2) is 18.7 Å². The van der Waals surface area contributed by atoms with E-state index in [1.807, 2.05) is 0 Å². The maximum atomic E-state index is 14.2. The van der Waals surface area contributed by atoms with Crippen molar-refractivity contribution in [2.75, 3.05) is 20.0 Å². The molecule has 3 aromatic rings. The van der Waals surface area contributed by atoms with Gasteiger partial charge in [0.1, 0.15) is 17.5 Å². The first kappa shape index (κ1) is 16.4. The molecule has 0 aliphatic carbocycles. The second-order valence-electron chi connectivity index (χ2n) is 4.90. The van der Waals surface area contributed by atoms with Gasteiger partial charge in [0.05, 0.1) is 25.3 Å². The van der Waals surface area contributed by atoms with Crippen LogP contribution in [0.3, 0.4) is 0 Å². The van der Waals surface area contributed by atoms with Gasteiger partial charge in [-0.1, -0.05) is 15.9 Å². The smallest absolute Gasteiger partial charge is 0.168 e. The highest BCUT2D eigenvalue weighted by atomic mass is 79.9. The standard InChI is InChI=1S/C16H12BrF2N3O2/c1-23-12-5-8-11(6-13(12)24-2)21-16(22-15(8)20)14-9(18)3-7(17)4-10(14)19/h3-6H,1-2H3,(H2,20,21,22). The highest BCUT2D eigenvalue weighted by Crippen LogP contribution is 2.35. The Labute approximate surface area is 144 Å². The summed E-state index contributed by atoms with van der Waals surface area (Å²) in [6, 6.07) is 5.46. The Morgan fingerprint density at radius 1 is 0.958 bits per heavy atom. The van der Waals surface area contributed by atoms with E-state index >= 15 is 0 Å². The van der Waals surface area contributed by atoms with Crippen LogP contribution in [0.15, 0.2) is 28.7 Å². The van der Waals surface area contributed by atoms with Crippen LogP contribution in [0.25, 0.3) is 22.3 Å². The number of anilines is 1. The predicted molar refractivity (Wildman–Crippen MR) is 90.1 cm³/mol. The van der Waals surface area contributed by atoms with Crippen molar-refractivity contribution < 1.29 is 18.3 Å². The van der Waals surface area contributed by atoms with Crippen molar-refractivity contribution in [2.24, 2.45) is 0 Å². The number of ether oxygens (including phenoxy) is 2. The molecule has 2 N–H and O–H groups in total. The molecule has 0 bridgehead atoms. The van der Waals surface area contributed by atoms with E-state index in [-0.39, 0.29) is 21.7 Å². The van der Waals surface area contributed by atoms with Gasteiger partial charge in [0.15, 0.2) is 17.3 Å². The Hall–Kier alpha value is -2.48. The minimum Gasteiger partial charge on any atom is -0.493 e. The maximum Gasteiger partial charge on any atom is 0.168 e. The number of methoxy groups -OCH3 is 2. The van der Waals surface area contributed by atoms with E-state index in [1.165, 1.54) is 14.2 Å². The number of fused-ring (bicyclic) bond motifs is 1. The maximum absolute atomic E-state index is 14.2. The lowest BCUT2D eigenvalue weighted by Gasteiger charge is -2.11. The number of nitrogens with zero attached hydrogens (tertiary/aromatic N) is 2. The molecule has 0 fully saturated rings. The van der Waals surface area contributed by atoms with Crippen molar-refractivity contribution in [3.63, 3.8) is 0 Å². The fourth-order valence-electron chi connectivity index (χ4n) is 2.35. The van der Waals surface area contributed by atoms with E-state index in [2.05, 4.69) is 25.9 Å². The average molecular weight is 396 g/mol. The molecule has 0 radical (unpaired) electrons. The van der Waals surface area contributed by atoms with Gasteiger partial charge in [-0.3, -0.25) is 0 Å². The van der Waals surface area contributed by atoms with E-state index in [9.17, 15) is 8.78 Å². The van der Waals surface area contributed by atoms with E-state index in [0.717, 1.165) is 12.1 Å². The van der Waals surface area contributed by atoms with Gasteiger partial charge in [0.2, 0.25) is 0 Å². The fraction of sp³-hybridized carbons (Fsp3) is 0.125. The van der Waals surface area contributed by atoms with Crippen LogP contribution in [0.4, 0.5) is 14.6 Å². The van der Waals surface area contributed by atoms with Gasteiger partial charge in [0, 0.05) is 15.9 Å². The first-order valence-corrected chi connectivity index (χ1v) is 7.58. The fourth-order valence-corrected chi connectivity index (χ4v) is 2.75. The van der Waals surface area contributed by atoms with Crippen molar-refractivity contribution in [2.45, 2.75) is 0 Å². The number of hydrogen-bond acceptors (Lipinski definition) is 5. The Balaban J connectivity index is 2.28. The molecule has 0 saturated heterocycles. The summed E-state index contributed by atoms with van der Waals surface area (Å²) in [6.45, 7) is 0. The van der Waals surface area contributed by atoms with Gasteiger partial charge in [-0.15, -0.1) is 0 Å². The summed E-state index contributed by atoms with van der Waals surface area (Å²) < 4.78 is 39.0. The molecule has 0 aliphatic rings. The third-order valence-corrected chi connectivity index (χ3v) is 3.92. The summed E-state index contributed by atoms with van der Waals surface area (Å²) in [6.07, 6.45) is 0. The summed E-state index contributed by atoms with van der Waals surface area (Å²) in [5, 5.41) is 0.495. The third kappa shape index (κ3) is 2.73. The van der Waals surface area contributed by atoms with Crippen LogP contribution < -0.4 is 15.2 Å². The van der Waals surface area contributed by atoms with Crippen LogP contribution in [0.2, 0.25) is 0 Å². The van der Waals surface area contributed by atoms with Gasteiger partial charge < -0.3 is 15.2 Å². The molecule has 0 aliphatic heterocycles. The van der Waals surface area contributed by atoms with E-state index in [4.69, 9.17) is 15.2 Å². The SMILES string of the molecule is COc1cc2nc(-c3c(F)cc(Br)cc3F)nc(N)c2cc1OC. The number of nitrogens with two attached hydrogens (primary N) is 1. The van der Waals surface area contributed by atoms with Crippen LogP contribution in [0.1, 0.15) is 0 Å². The summed E-state index contributed by atoms with van der Waals surface area (Å²) in [5.74, 6) is -0.769. The lowest BCUT2D eigenvalue weighted by molar-refractivity contribution is 0.356. The minimum absolute atomic E-state index is 0.0812. The number of benzene rings is 2. The minimum atomic E-state index is -0.791. The number of halogens is 3. The quantitative estimate of drug-likeness (QED) is 0.727. The zero-order chi connectivity index (χ0) is 17.4. The predicted octanol–water partition coefficient (Wildman–Crippen LogP) is 3.94. The molecule has 0 spiro atoms. The van der Waals surface area contributed by atoms with Crippen molar-refractivity contribution in [3.8, 4) is 22.9 Å². The highest BCUT2D eigenvalue weighted by Gasteiger charge is 2.18. The molecule has 0 amide bonds. The van der Waals surface area contributed by atoms with Crippen LogP contribution in [0, 0.1) is 11.6 Å². The van der Waals surface area contributed by atoms with Gasteiger partial charge in [-0.05, 0) is 18.2 Å². The lowest BCUT2D eigenvalue weighted by Crippen LogP contribution is -2.02. The normalized spacial score (nSPS) is 10.9. The number of nitrogen functional groups attached to an aromatic ring is 1. The summed E-state index contributed by atoms with van der Waals surface area (Å²) in [7, 11) is 2.96. The van der Waals surface area contributed by atoms with Crippen LogP contribution in [-0.4, -0.2) is 24.2 Å². The largest absolute Gasteiger partial charge is 0.493 e. The van der Waals surface area contributed by atoms with Crippen molar-refractivity contribution in [1.82, 2.24) is 9.97 Å². The first-order chi connectivity index (χ1) is 11.4.